The molecule has 0 spiro atoms. The number of hydrogen-bond acceptors (Lipinski definition) is 4. The van der Waals surface area contributed by atoms with E-state index in [1.54, 1.807) is 18.2 Å². The highest BCUT2D eigenvalue weighted by molar-refractivity contribution is 6.30. The van der Waals surface area contributed by atoms with Gasteiger partial charge < -0.3 is 13.9 Å². The SMILES string of the molecule is Cc1c(-c2ccc(Cl)cc2)c(=O)oc2cc(OCC3CO3)ccc12. The first-order valence-corrected chi connectivity index (χ1v) is 8.07. The van der Waals surface area contributed by atoms with Gasteiger partial charge in [-0.3, -0.25) is 0 Å². The van der Waals surface area contributed by atoms with Crippen LogP contribution in [0.5, 0.6) is 5.75 Å². The summed E-state index contributed by atoms with van der Waals surface area (Å²) in [6.45, 7) is 3.17. The molecule has 1 fully saturated rings. The van der Waals surface area contributed by atoms with Gasteiger partial charge in [-0.25, -0.2) is 4.79 Å². The molecule has 0 amide bonds. The lowest BCUT2D eigenvalue weighted by Gasteiger charge is -2.10. The second-order valence-electron chi connectivity index (χ2n) is 5.82. The predicted octanol–water partition coefficient (Wildman–Crippen LogP) is 4.20. The van der Waals surface area contributed by atoms with E-state index in [4.69, 9.17) is 25.5 Å². The lowest BCUT2D eigenvalue weighted by Crippen LogP contribution is -2.07. The van der Waals surface area contributed by atoms with Crippen LogP contribution in [0.2, 0.25) is 5.02 Å². The maximum Gasteiger partial charge on any atom is 0.344 e. The third-order valence-electron chi connectivity index (χ3n) is 4.11. The monoisotopic (exact) mass is 342 g/mol. The molecule has 4 nitrogen and oxygen atoms in total. The Bertz CT molecular complexity index is 956. The maximum atomic E-state index is 12.5. The van der Waals surface area contributed by atoms with Crippen LogP contribution in [0.3, 0.4) is 0 Å². The molecule has 2 heterocycles. The molecule has 0 bridgehead atoms. The van der Waals surface area contributed by atoms with Gasteiger partial charge in [-0.1, -0.05) is 23.7 Å². The van der Waals surface area contributed by atoms with Crippen molar-refractivity contribution in [1.29, 1.82) is 0 Å². The molecule has 122 valence electrons. The Morgan fingerprint density at radius 1 is 1.21 bits per heavy atom. The fourth-order valence-electron chi connectivity index (χ4n) is 2.73. The molecule has 0 radical (unpaired) electrons. The Balaban J connectivity index is 1.77. The number of ether oxygens (including phenoxy) is 2. The smallest absolute Gasteiger partial charge is 0.344 e. The molecule has 1 unspecified atom stereocenters. The highest BCUT2D eigenvalue weighted by Crippen LogP contribution is 2.29. The minimum Gasteiger partial charge on any atom is -0.491 e. The lowest BCUT2D eigenvalue weighted by molar-refractivity contribution is 0.263. The minimum atomic E-state index is -0.370. The van der Waals surface area contributed by atoms with Crippen molar-refractivity contribution >= 4 is 22.6 Å². The summed E-state index contributed by atoms with van der Waals surface area (Å²) in [6.07, 6.45) is 0.182. The van der Waals surface area contributed by atoms with E-state index >= 15 is 0 Å². The molecule has 1 aliphatic rings. The third kappa shape index (κ3) is 2.90. The summed E-state index contributed by atoms with van der Waals surface area (Å²) in [5.74, 6) is 0.666. The standard InChI is InChI=1S/C19H15ClO4/c1-11-16-7-6-14(22-9-15-10-23-15)8-17(16)24-19(21)18(11)12-2-4-13(20)5-3-12/h2-8,15H,9-10H2,1H3. The highest BCUT2D eigenvalue weighted by Gasteiger charge is 2.23. The summed E-state index contributed by atoms with van der Waals surface area (Å²) in [4.78, 5) is 12.5. The zero-order valence-corrected chi connectivity index (χ0v) is 13.8. The van der Waals surface area contributed by atoms with Gasteiger partial charge in [0.1, 0.15) is 24.0 Å². The Morgan fingerprint density at radius 3 is 2.67 bits per heavy atom. The molecule has 5 heteroatoms. The van der Waals surface area contributed by atoms with Crippen molar-refractivity contribution in [2.45, 2.75) is 13.0 Å². The van der Waals surface area contributed by atoms with Crippen molar-refractivity contribution in [3.8, 4) is 16.9 Å². The Labute approximate surface area is 143 Å². The molecule has 0 aliphatic carbocycles. The van der Waals surface area contributed by atoms with E-state index in [0.29, 0.717) is 28.5 Å². The normalized spacial score (nSPS) is 16.3. The molecule has 3 aromatic rings. The molecule has 24 heavy (non-hydrogen) atoms. The van der Waals surface area contributed by atoms with E-state index < -0.39 is 0 Å². The summed E-state index contributed by atoms with van der Waals surface area (Å²) in [7, 11) is 0. The lowest BCUT2D eigenvalue weighted by atomic mass is 10.00. The maximum absolute atomic E-state index is 12.5. The first-order valence-electron chi connectivity index (χ1n) is 7.69. The van der Waals surface area contributed by atoms with Crippen LogP contribution in [-0.4, -0.2) is 19.3 Å². The molecular weight excluding hydrogens is 328 g/mol. The Hall–Kier alpha value is -2.30. The topological polar surface area (TPSA) is 52.0 Å². The minimum absolute atomic E-state index is 0.182. The molecule has 1 saturated heterocycles. The van der Waals surface area contributed by atoms with E-state index in [1.165, 1.54) is 0 Å². The van der Waals surface area contributed by atoms with E-state index in [-0.39, 0.29) is 11.7 Å². The van der Waals surface area contributed by atoms with Gasteiger partial charge >= 0.3 is 5.63 Å². The van der Waals surface area contributed by atoms with Crippen LogP contribution < -0.4 is 10.4 Å². The van der Waals surface area contributed by atoms with Gasteiger partial charge in [0.15, 0.2) is 0 Å². The average Bonchev–Trinajstić information content (AvgIpc) is 3.39. The van der Waals surface area contributed by atoms with Crippen molar-refractivity contribution in [1.82, 2.24) is 0 Å². The molecule has 4 rings (SSSR count). The third-order valence-corrected chi connectivity index (χ3v) is 4.36. The number of rotatable bonds is 4. The number of hydrogen-bond donors (Lipinski definition) is 0. The predicted molar refractivity (Wildman–Crippen MR) is 92.9 cm³/mol. The van der Waals surface area contributed by atoms with Gasteiger partial charge in [-0.15, -0.1) is 0 Å². The van der Waals surface area contributed by atoms with Crippen LogP contribution in [0.25, 0.3) is 22.1 Å². The molecule has 1 atom stereocenters. The largest absolute Gasteiger partial charge is 0.491 e. The summed E-state index contributed by atoms with van der Waals surface area (Å²) in [6, 6.07) is 12.7. The summed E-state index contributed by atoms with van der Waals surface area (Å²) in [5, 5.41) is 1.51. The molecule has 1 aromatic heterocycles. The number of halogens is 1. The second-order valence-corrected chi connectivity index (χ2v) is 6.26. The van der Waals surface area contributed by atoms with Gasteiger partial charge in [0.25, 0.3) is 0 Å². The number of fused-ring (bicyclic) bond motifs is 1. The first kappa shape index (κ1) is 15.2. The van der Waals surface area contributed by atoms with E-state index in [9.17, 15) is 4.79 Å². The van der Waals surface area contributed by atoms with Crippen molar-refractivity contribution in [3.05, 3.63) is 63.5 Å². The number of epoxide rings is 1. The van der Waals surface area contributed by atoms with Crippen molar-refractivity contribution in [3.63, 3.8) is 0 Å². The van der Waals surface area contributed by atoms with E-state index in [1.807, 2.05) is 31.2 Å². The fraction of sp³-hybridized carbons (Fsp3) is 0.211. The second kappa shape index (κ2) is 5.96. The fourth-order valence-corrected chi connectivity index (χ4v) is 2.86. The molecular formula is C19H15ClO4. The average molecular weight is 343 g/mol. The van der Waals surface area contributed by atoms with E-state index in [2.05, 4.69) is 0 Å². The van der Waals surface area contributed by atoms with Crippen LogP contribution in [0.1, 0.15) is 5.56 Å². The zero-order valence-electron chi connectivity index (χ0n) is 13.0. The Kier molecular flexibility index (Phi) is 3.79. The Morgan fingerprint density at radius 2 is 1.96 bits per heavy atom. The summed E-state index contributed by atoms with van der Waals surface area (Å²) < 4.78 is 16.3. The van der Waals surface area contributed by atoms with Crippen molar-refractivity contribution in [2.24, 2.45) is 0 Å². The van der Waals surface area contributed by atoms with Crippen LogP contribution >= 0.6 is 11.6 Å². The van der Waals surface area contributed by atoms with Gasteiger partial charge in [0, 0.05) is 16.5 Å². The molecule has 1 aliphatic heterocycles. The highest BCUT2D eigenvalue weighted by atomic mass is 35.5. The van der Waals surface area contributed by atoms with Gasteiger partial charge in [0.2, 0.25) is 0 Å². The first-order chi connectivity index (χ1) is 11.6. The van der Waals surface area contributed by atoms with Crippen LogP contribution in [0.4, 0.5) is 0 Å². The van der Waals surface area contributed by atoms with Gasteiger partial charge in [0.05, 0.1) is 12.2 Å². The van der Waals surface area contributed by atoms with Crippen LogP contribution in [0.15, 0.2) is 51.7 Å². The van der Waals surface area contributed by atoms with Gasteiger partial charge in [-0.05, 0) is 42.3 Å². The molecule has 2 aromatic carbocycles. The molecule has 0 N–H and O–H groups in total. The van der Waals surface area contributed by atoms with Crippen molar-refractivity contribution in [2.75, 3.05) is 13.2 Å². The van der Waals surface area contributed by atoms with E-state index in [0.717, 1.165) is 23.1 Å². The number of aryl methyl sites for hydroxylation is 1. The summed E-state index contributed by atoms with van der Waals surface area (Å²) >= 11 is 5.92. The zero-order chi connectivity index (χ0) is 16.7. The quantitative estimate of drug-likeness (QED) is 0.526. The number of benzene rings is 2. The summed E-state index contributed by atoms with van der Waals surface area (Å²) in [5.41, 5.74) is 2.37. The van der Waals surface area contributed by atoms with Crippen molar-refractivity contribution < 1.29 is 13.9 Å². The van der Waals surface area contributed by atoms with Crippen LogP contribution in [-0.2, 0) is 4.74 Å². The van der Waals surface area contributed by atoms with Gasteiger partial charge in [-0.2, -0.15) is 0 Å². The van der Waals surface area contributed by atoms with Crippen LogP contribution in [0, 0.1) is 6.92 Å². The molecule has 0 saturated carbocycles.